The minimum absolute atomic E-state index is 0.519. The Bertz CT molecular complexity index is 351. The first kappa shape index (κ1) is 11.4. The van der Waals surface area contributed by atoms with Gasteiger partial charge in [0.15, 0.2) is 0 Å². The summed E-state index contributed by atoms with van der Waals surface area (Å²) in [6, 6.07) is 6.72. The van der Waals surface area contributed by atoms with Crippen LogP contribution in [0, 0.1) is 5.92 Å². The predicted octanol–water partition coefficient (Wildman–Crippen LogP) is 2.17. The topological polar surface area (TPSA) is 42.1 Å². The molecule has 0 aromatic carbocycles. The highest BCUT2D eigenvalue weighted by Gasteiger charge is 2.23. The monoisotopic (exact) mass is 219 g/mol. The van der Waals surface area contributed by atoms with Crippen LogP contribution in [-0.4, -0.2) is 17.6 Å². The largest absolute Gasteiger partial charge is 0.354 e. The molecule has 0 bridgehead atoms. The quantitative estimate of drug-likeness (QED) is 0.829. The second kappa shape index (κ2) is 4.83. The molecule has 1 aromatic heterocycles. The molecule has 16 heavy (non-hydrogen) atoms. The van der Waals surface area contributed by atoms with Gasteiger partial charge in [0, 0.05) is 19.1 Å². The van der Waals surface area contributed by atoms with Crippen molar-refractivity contribution in [2.24, 2.45) is 11.7 Å². The van der Waals surface area contributed by atoms with Gasteiger partial charge in [0.25, 0.3) is 0 Å². The third-order valence-corrected chi connectivity index (χ3v) is 3.41. The molecular weight excluding hydrogens is 198 g/mol. The molecular formula is C13H21N3. The predicted molar refractivity (Wildman–Crippen MR) is 67.3 cm³/mol. The van der Waals surface area contributed by atoms with Gasteiger partial charge >= 0.3 is 0 Å². The number of pyridine rings is 1. The van der Waals surface area contributed by atoms with Crippen molar-refractivity contribution >= 4 is 5.82 Å². The Morgan fingerprint density at radius 2 is 2.19 bits per heavy atom. The van der Waals surface area contributed by atoms with Crippen molar-refractivity contribution in [1.82, 2.24) is 4.98 Å². The first-order valence-corrected chi connectivity index (χ1v) is 6.13. The minimum atomic E-state index is 0.519. The zero-order valence-electron chi connectivity index (χ0n) is 10.2. The van der Waals surface area contributed by atoms with Gasteiger partial charge in [0.05, 0.1) is 5.69 Å². The van der Waals surface area contributed by atoms with E-state index in [2.05, 4.69) is 35.9 Å². The van der Waals surface area contributed by atoms with Gasteiger partial charge in [-0.25, -0.2) is 4.98 Å². The molecule has 0 spiro atoms. The van der Waals surface area contributed by atoms with Crippen LogP contribution in [0.4, 0.5) is 5.82 Å². The van der Waals surface area contributed by atoms with Crippen LogP contribution in [0.2, 0.25) is 0 Å². The second-order valence-corrected chi connectivity index (χ2v) is 4.88. The average molecular weight is 219 g/mol. The Balaban J connectivity index is 2.20. The second-order valence-electron chi connectivity index (χ2n) is 4.88. The Labute approximate surface area is 97.7 Å². The van der Waals surface area contributed by atoms with Crippen LogP contribution in [0.3, 0.4) is 0 Å². The van der Waals surface area contributed by atoms with E-state index in [1.165, 1.54) is 12.8 Å². The minimum Gasteiger partial charge on any atom is -0.354 e. The zero-order valence-corrected chi connectivity index (χ0v) is 10.2. The van der Waals surface area contributed by atoms with Crippen LogP contribution in [-0.2, 0) is 6.54 Å². The van der Waals surface area contributed by atoms with Crippen LogP contribution in [0.1, 0.15) is 32.4 Å². The van der Waals surface area contributed by atoms with E-state index < -0.39 is 0 Å². The first-order chi connectivity index (χ1) is 7.70. The maximum atomic E-state index is 5.63. The lowest BCUT2D eigenvalue weighted by Gasteiger charge is -2.37. The number of anilines is 1. The summed E-state index contributed by atoms with van der Waals surface area (Å²) in [5.74, 6) is 1.85. The third-order valence-electron chi connectivity index (χ3n) is 3.41. The standard InChI is InChI=1S/C13H21N3/c1-10-6-7-11(2)16(9-10)13-5-3-4-12(8-14)15-13/h3-5,10-11H,6-9,14H2,1-2H3. The lowest BCUT2D eigenvalue weighted by Crippen LogP contribution is -2.41. The van der Waals surface area contributed by atoms with Crippen molar-refractivity contribution in [3.63, 3.8) is 0 Å². The molecule has 0 radical (unpaired) electrons. The van der Waals surface area contributed by atoms with Crippen molar-refractivity contribution < 1.29 is 0 Å². The van der Waals surface area contributed by atoms with Crippen molar-refractivity contribution in [3.8, 4) is 0 Å². The number of hydrogen-bond donors (Lipinski definition) is 1. The van der Waals surface area contributed by atoms with Crippen LogP contribution in [0.5, 0.6) is 0 Å². The SMILES string of the molecule is CC1CCC(C)N(c2cccc(CN)n2)C1. The van der Waals surface area contributed by atoms with Gasteiger partial charge in [0.2, 0.25) is 0 Å². The summed E-state index contributed by atoms with van der Waals surface area (Å²) >= 11 is 0. The van der Waals surface area contributed by atoms with Crippen molar-refractivity contribution in [2.75, 3.05) is 11.4 Å². The maximum absolute atomic E-state index is 5.63. The normalized spacial score (nSPS) is 25.8. The number of nitrogens with two attached hydrogens (primary N) is 1. The molecule has 0 saturated carbocycles. The molecule has 3 nitrogen and oxygen atoms in total. The Morgan fingerprint density at radius 1 is 1.38 bits per heavy atom. The van der Waals surface area contributed by atoms with E-state index in [1.807, 2.05) is 6.07 Å². The summed E-state index contributed by atoms with van der Waals surface area (Å²) in [5.41, 5.74) is 6.60. The van der Waals surface area contributed by atoms with E-state index in [0.717, 1.165) is 24.0 Å². The van der Waals surface area contributed by atoms with Gasteiger partial charge < -0.3 is 10.6 Å². The number of nitrogens with zero attached hydrogens (tertiary/aromatic N) is 2. The Kier molecular flexibility index (Phi) is 3.44. The Hall–Kier alpha value is -1.09. The van der Waals surface area contributed by atoms with Crippen LogP contribution in [0.25, 0.3) is 0 Å². The zero-order chi connectivity index (χ0) is 11.5. The molecule has 2 N–H and O–H groups in total. The molecule has 2 unspecified atom stereocenters. The first-order valence-electron chi connectivity index (χ1n) is 6.13. The van der Waals surface area contributed by atoms with Gasteiger partial charge in [-0.1, -0.05) is 13.0 Å². The van der Waals surface area contributed by atoms with Gasteiger partial charge in [-0.05, 0) is 37.8 Å². The molecule has 1 fully saturated rings. The summed E-state index contributed by atoms with van der Waals surface area (Å²) in [5, 5.41) is 0. The highest BCUT2D eigenvalue weighted by atomic mass is 15.2. The fraction of sp³-hybridized carbons (Fsp3) is 0.615. The van der Waals surface area contributed by atoms with E-state index >= 15 is 0 Å². The summed E-state index contributed by atoms with van der Waals surface area (Å²) in [6.45, 7) is 6.22. The number of rotatable bonds is 2. The molecule has 2 atom stereocenters. The molecule has 2 heterocycles. The van der Waals surface area contributed by atoms with Gasteiger partial charge in [-0.3, -0.25) is 0 Å². The van der Waals surface area contributed by atoms with Crippen LogP contribution in [0.15, 0.2) is 18.2 Å². The van der Waals surface area contributed by atoms with E-state index in [1.54, 1.807) is 0 Å². The van der Waals surface area contributed by atoms with E-state index in [4.69, 9.17) is 5.73 Å². The molecule has 1 aliphatic heterocycles. The van der Waals surface area contributed by atoms with E-state index in [9.17, 15) is 0 Å². The van der Waals surface area contributed by atoms with Gasteiger partial charge in [-0.2, -0.15) is 0 Å². The molecule has 0 amide bonds. The van der Waals surface area contributed by atoms with Crippen LogP contribution < -0.4 is 10.6 Å². The molecule has 0 aliphatic carbocycles. The van der Waals surface area contributed by atoms with E-state index in [0.29, 0.717) is 12.6 Å². The van der Waals surface area contributed by atoms with Gasteiger partial charge in [0.1, 0.15) is 5.82 Å². The van der Waals surface area contributed by atoms with E-state index in [-0.39, 0.29) is 0 Å². The fourth-order valence-corrected chi connectivity index (χ4v) is 2.35. The molecule has 2 rings (SSSR count). The molecule has 3 heteroatoms. The lowest BCUT2D eigenvalue weighted by atomic mass is 9.95. The third kappa shape index (κ3) is 2.35. The highest BCUT2D eigenvalue weighted by Crippen LogP contribution is 2.25. The number of aromatic nitrogens is 1. The fourth-order valence-electron chi connectivity index (χ4n) is 2.35. The summed E-state index contributed by atoms with van der Waals surface area (Å²) < 4.78 is 0. The van der Waals surface area contributed by atoms with Crippen LogP contribution >= 0.6 is 0 Å². The molecule has 1 aliphatic rings. The molecule has 88 valence electrons. The summed E-state index contributed by atoms with van der Waals surface area (Å²) in [7, 11) is 0. The van der Waals surface area contributed by atoms with Crippen molar-refractivity contribution in [3.05, 3.63) is 23.9 Å². The molecule has 1 saturated heterocycles. The van der Waals surface area contributed by atoms with Gasteiger partial charge in [-0.15, -0.1) is 0 Å². The molecule has 1 aromatic rings. The maximum Gasteiger partial charge on any atom is 0.129 e. The number of hydrogen-bond acceptors (Lipinski definition) is 3. The summed E-state index contributed by atoms with van der Waals surface area (Å²) in [4.78, 5) is 7.01. The van der Waals surface area contributed by atoms with Crippen molar-refractivity contribution in [2.45, 2.75) is 39.3 Å². The number of piperidine rings is 1. The van der Waals surface area contributed by atoms with Crippen molar-refractivity contribution in [1.29, 1.82) is 0 Å². The average Bonchev–Trinajstić information content (AvgIpc) is 2.32. The Morgan fingerprint density at radius 3 is 2.94 bits per heavy atom. The highest BCUT2D eigenvalue weighted by molar-refractivity contribution is 5.41. The smallest absolute Gasteiger partial charge is 0.129 e. The summed E-state index contributed by atoms with van der Waals surface area (Å²) in [6.07, 6.45) is 2.59. The lowest BCUT2D eigenvalue weighted by molar-refractivity contribution is 0.388.